The van der Waals surface area contributed by atoms with E-state index in [2.05, 4.69) is 10.3 Å². The molecule has 0 spiro atoms. The number of carboxylic acids is 1. The van der Waals surface area contributed by atoms with Crippen LogP contribution in [0.3, 0.4) is 0 Å². The van der Waals surface area contributed by atoms with E-state index in [0.717, 1.165) is 12.5 Å². The Hall–Kier alpha value is -1.52. The van der Waals surface area contributed by atoms with Gasteiger partial charge in [0, 0.05) is 32.4 Å². The fraction of sp³-hybridized carbons (Fsp3) is 0.600. The average molecular weight is 211 g/mol. The molecule has 0 saturated carbocycles. The molecule has 5 heteroatoms. The predicted octanol–water partition coefficient (Wildman–Crippen LogP) is 1.33. The summed E-state index contributed by atoms with van der Waals surface area (Å²) < 4.78 is 1.89. The van der Waals surface area contributed by atoms with Gasteiger partial charge in [0.1, 0.15) is 0 Å². The Morgan fingerprint density at radius 2 is 2.47 bits per heavy atom. The summed E-state index contributed by atoms with van der Waals surface area (Å²) in [6.45, 7) is 2.77. The number of nitrogens with zero attached hydrogens (tertiary/aromatic N) is 2. The summed E-state index contributed by atoms with van der Waals surface area (Å²) in [5.41, 5.74) is 0. The largest absolute Gasteiger partial charge is 0.481 e. The minimum Gasteiger partial charge on any atom is -0.481 e. The minimum absolute atomic E-state index is 0.226. The van der Waals surface area contributed by atoms with Crippen molar-refractivity contribution in [1.29, 1.82) is 0 Å². The fourth-order valence-corrected chi connectivity index (χ4v) is 1.27. The number of anilines is 1. The second-order valence-corrected chi connectivity index (χ2v) is 3.78. The molecule has 0 bridgehead atoms. The summed E-state index contributed by atoms with van der Waals surface area (Å²) in [5, 5.41) is 11.7. The van der Waals surface area contributed by atoms with Crippen LogP contribution in [0.1, 0.15) is 19.8 Å². The molecule has 1 rings (SSSR count). The molecule has 0 aliphatic heterocycles. The van der Waals surface area contributed by atoms with E-state index in [1.807, 2.05) is 24.7 Å². The molecular weight excluding hydrogens is 194 g/mol. The molecule has 84 valence electrons. The summed E-state index contributed by atoms with van der Waals surface area (Å²) in [6.07, 6.45) is 4.50. The molecule has 1 aromatic heterocycles. The molecule has 0 saturated heterocycles. The number of carboxylic acid groups (broad SMARTS) is 1. The lowest BCUT2D eigenvalue weighted by Crippen LogP contribution is -2.14. The van der Waals surface area contributed by atoms with E-state index in [0.29, 0.717) is 12.3 Å². The van der Waals surface area contributed by atoms with Crippen LogP contribution < -0.4 is 5.32 Å². The van der Waals surface area contributed by atoms with Crippen molar-refractivity contribution in [3.63, 3.8) is 0 Å². The predicted molar refractivity (Wildman–Crippen MR) is 57.7 cm³/mol. The van der Waals surface area contributed by atoms with Crippen LogP contribution in [0.25, 0.3) is 0 Å². The van der Waals surface area contributed by atoms with Crippen molar-refractivity contribution in [2.24, 2.45) is 13.0 Å². The molecule has 1 aromatic rings. The van der Waals surface area contributed by atoms with E-state index in [1.165, 1.54) is 0 Å². The maximum Gasteiger partial charge on any atom is 0.303 e. The first-order chi connectivity index (χ1) is 7.09. The Morgan fingerprint density at radius 3 is 3.00 bits per heavy atom. The molecule has 0 aromatic carbocycles. The number of carbonyl (C=O) groups is 1. The van der Waals surface area contributed by atoms with Gasteiger partial charge in [0.25, 0.3) is 0 Å². The monoisotopic (exact) mass is 211 g/mol. The molecular formula is C10H17N3O2. The molecule has 0 fully saturated rings. The zero-order valence-electron chi connectivity index (χ0n) is 9.10. The summed E-state index contributed by atoms with van der Waals surface area (Å²) in [7, 11) is 1.91. The van der Waals surface area contributed by atoms with Crippen LogP contribution in [0, 0.1) is 5.92 Å². The van der Waals surface area contributed by atoms with Crippen molar-refractivity contribution in [1.82, 2.24) is 9.55 Å². The lowest BCUT2D eigenvalue weighted by Gasteiger charge is -2.11. The molecule has 5 nitrogen and oxygen atoms in total. The Balaban J connectivity index is 2.25. The highest BCUT2D eigenvalue weighted by atomic mass is 16.4. The van der Waals surface area contributed by atoms with Gasteiger partial charge < -0.3 is 15.0 Å². The maximum atomic E-state index is 10.4. The van der Waals surface area contributed by atoms with Crippen LogP contribution in [-0.4, -0.2) is 27.2 Å². The van der Waals surface area contributed by atoms with E-state index in [9.17, 15) is 4.79 Å². The van der Waals surface area contributed by atoms with Gasteiger partial charge in [-0.3, -0.25) is 4.79 Å². The summed E-state index contributed by atoms with van der Waals surface area (Å²) in [4.78, 5) is 14.5. The summed E-state index contributed by atoms with van der Waals surface area (Å²) in [6, 6.07) is 0. The number of aliphatic carboxylic acids is 1. The third-order valence-electron chi connectivity index (χ3n) is 2.28. The number of rotatable bonds is 6. The first-order valence-corrected chi connectivity index (χ1v) is 5.02. The molecule has 0 amide bonds. The third-order valence-corrected chi connectivity index (χ3v) is 2.28. The van der Waals surface area contributed by atoms with E-state index in [1.54, 1.807) is 6.20 Å². The first kappa shape index (κ1) is 11.6. The maximum absolute atomic E-state index is 10.4. The molecule has 1 heterocycles. The highest BCUT2D eigenvalue weighted by molar-refractivity contribution is 5.66. The van der Waals surface area contributed by atoms with Crippen molar-refractivity contribution in [2.75, 3.05) is 11.9 Å². The number of aryl methyl sites for hydroxylation is 1. The van der Waals surface area contributed by atoms with E-state index >= 15 is 0 Å². The minimum atomic E-state index is -0.737. The smallest absolute Gasteiger partial charge is 0.303 e. The number of nitrogens with one attached hydrogen (secondary N) is 1. The number of aromatic nitrogens is 2. The zero-order valence-corrected chi connectivity index (χ0v) is 9.10. The number of imidazole rings is 1. The van der Waals surface area contributed by atoms with Crippen molar-refractivity contribution >= 4 is 11.9 Å². The van der Waals surface area contributed by atoms with Gasteiger partial charge in [-0.15, -0.1) is 0 Å². The normalized spacial score (nSPS) is 12.4. The van der Waals surface area contributed by atoms with Crippen LogP contribution in [0.5, 0.6) is 0 Å². The second kappa shape index (κ2) is 5.38. The van der Waals surface area contributed by atoms with Gasteiger partial charge in [-0.1, -0.05) is 6.92 Å². The van der Waals surface area contributed by atoms with Crippen LogP contribution in [0.15, 0.2) is 12.4 Å². The van der Waals surface area contributed by atoms with Crippen molar-refractivity contribution in [3.05, 3.63) is 12.4 Å². The summed E-state index contributed by atoms with van der Waals surface area (Å²) >= 11 is 0. The molecule has 1 atom stereocenters. The van der Waals surface area contributed by atoms with Gasteiger partial charge in [-0.25, -0.2) is 4.98 Å². The molecule has 0 aliphatic rings. The SMILES string of the molecule is CC(CCC(=O)O)CNc1nccn1C. The lowest BCUT2D eigenvalue weighted by atomic mass is 10.1. The second-order valence-electron chi connectivity index (χ2n) is 3.78. The average Bonchev–Trinajstić information content (AvgIpc) is 2.58. The molecule has 2 N–H and O–H groups in total. The molecule has 0 radical (unpaired) electrons. The number of hydrogen-bond donors (Lipinski definition) is 2. The van der Waals surface area contributed by atoms with Gasteiger partial charge >= 0.3 is 5.97 Å². The Morgan fingerprint density at radius 1 is 1.73 bits per heavy atom. The standard InChI is InChI=1S/C10H17N3O2/c1-8(3-4-9(14)15)7-12-10-11-5-6-13(10)2/h5-6,8H,3-4,7H2,1-2H3,(H,11,12)(H,14,15). The van der Waals surface area contributed by atoms with Gasteiger partial charge in [-0.2, -0.15) is 0 Å². The van der Waals surface area contributed by atoms with Crippen LogP contribution in [0.2, 0.25) is 0 Å². The fourth-order valence-electron chi connectivity index (χ4n) is 1.27. The van der Waals surface area contributed by atoms with Gasteiger partial charge in [-0.05, 0) is 12.3 Å². The topological polar surface area (TPSA) is 67.2 Å². The first-order valence-electron chi connectivity index (χ1n) is 5.02. The van der Waals surface area contributed by atoms with Gasteiger partial charge in [0.2, 0.25) is 5.95 Å². The highest BCUT2D eigenvalue weighted by Gasteiger charge is 2.06. The highest BCUT2D eigenvalue weighted by Crippen LogP contribution is 2.07. The van der Waals surface area contributed by atoms with Gasteiger partial charge in [0.05, 0.1) is 0 Å². The van der Waals surface area contributed by atoms with Gasteiger partial charge in [0.15, 0.2) is 0 Å². The Labute approximate surface area is 89.1 Å². The van der Waals surface area contributed by atoms with Crippen LogP contribution in [-0.2, 0) is 11.8 Å². The molecule has 15 heavy (non-hydrogen) atoms. The van der Waals surface area contributed by atoms with Crippen LogP contribution in [0.4, 0.5) is 5.95 Å². The Kier molecular flexibility index (Phi) is 4.15. The number of hydrogen-bond acceptors (Lipinski definition) is 3. The van der Waals surface area contributed by atoms with E-state index in [4.69, 9.17) is 5.11 Å². The lowest BCUT2D eigenvalue weighted by molar-refractivity contribution is -0.137. The van der Waals surface area contributed by atoms with Crippen molar-refractivity contribution in [3.8, 4) is 0 Å². The third kappa shape index (κ3) is 4.01. The van der Waals surface area contributed by atoms with Crippen molar-refractivity contribution in [2.45, 2.75) is 19.8 Å². The van der Waals surface area contributed by atoms with E-state index < -0.39 is 5.97 Å². The molecule has 0 aliphatic carbocycles. The zero-order chi connectivity index (χ0) is 11.3. The van der Waals surface area contributed by atoms with E-state index in [-0.39, 0.29) is 6.42 Å². The van der Waals surface area contributed by atoms with Crippen LogP contribution >= 0.6 is 0 Å². The quantitative estimate of drug-likeness (QED) is 0.745. The summed E-state index contributed by atoms with van der Waals surface area (Å²) in [5.74, 6) is 0.411. The Bertz CT molecular complexity index is 322. The van der Waals surface area contributed by atoms with Crippen molar-refractivity contribution < 1.29 is 9.90 Å². The molecule has 1 unspecified atom stereocenters.